The molecule has 2 aromatic carbocycles. The van der Waals surface area contributed by atoms with Gasteiger partial charge in [0.25, 0.3) is 5.91 Å². The second-order valence-corrected chi connectivity index (χ2v) is 7.12. The van der Waals surface area contributed by atoms with Crippen LogP contribution in [0.2, 0.25) is 0 Å². The fourth-order valence-electron chi connectivity index (χ4n) is 3.69. The maximum Gasteiger partial charge on any atom is 0.272 e. The number of nitrogens with one attached hydrogen (secondary N) is 1. The molecule has 0 fully saturated rings. The van der Waals surface area contributed by atoms with E-state index < -0.39 is 0 Å². The Labute approximate surface area is 168 Å². The normalized spacial score (nSPS) is 14.4. The zero-order valence-electron chi connectivity index (χ0n) is 16.0. The Kier molecular flexibility index (Phi) is 4.27. The summed E-state index contributed by atoms with van der Waals surface area (Å²) in [4.78, 5) is 23.7. The summed E-state index contributed by atoms with van der Waals surface area (Å²) in [5.74, 6) is 2.42. The second kappa shape index (κ2) is 7.09. The topological polar surface area (TPSA) is 76.6 Å². The SMILES string of the molecule is Cc1nc(Nc2ccc3c(c2)OCO3)cc(C(=O)N2CCc3ccccc3C2)n1. The third-order valence-electron chi connectivity index (χ3n) is 5.12. The number of aryl methyl sites for hydroxylation is 1. The lowest BCUT2D eigenvalue weighted by Crippen LogP contribution is -2.36. The first kappa shape index (κ1) is 17.5. The third kappa shape index (κ3) is 3.47. The van der Waals surface area contributed by atoms with Crippen molar-refractivity contribution in [3.8, 4) is 11.5 Å². The van der Waals surface area contributed by atoms with Crippen molar-refractivity contribution in [3.05, 3.63) is 71.2 Å². The molecule has 0 saturated heterocycles. The van der Waals surface area contributed by atoms with Crippen molar-refractivity contribution < 1.29 is 14.3 Å². The number of amides is 1. The van der Waals surface area contributed by atoms with Crippen LogP contribution in [0.3, 0.4) is 0 Å². The molecule has 7 heteroatoms. The van der Waals surface area contributed by atoms with Gasteiger partial charge in [0.1, 0.15) is 17.3 Å². The molecule has 2 aliphatic heterocycles. The lowest BCUT2D eigenvalue weighted by atomic mass is 10.00. The molecule has 0 spiro atoms. The molecule has 7 nitrogen and oxygen atoms in total. The maximum atomic E-state index is 13.1. The molecule has 29 heavy (non-hydrogen) atoms. The van der Waals surface area contributed by atoms with Crippen LogP contribution in [0, 0.1) is 6.92 Å². The standard InChI is InChI=1S/C22H20N4O3/c1-14-23-18(22(27)26-9-8-15-4-2-3-5-16(15)12-26)11-21(24-14)25-17-6-7-19-20(10-17)29-13-28-19/h2-7,10-11H,8-9,12-13H2,1H3,(H,23,24,25). The second-order valence-electron chi connectivity index (χ2n) is 7.12. The van der Waals surface area contributed by atoms with Crippen LogP contribution in [0.1, 0.15) is 27.4 Å². The minimum atomic E-state index is -0.0845. The van der Waals surface area contributed by atoms with Gasteiger partial charge in [-0.05, 0) is 36.6 Å². The molecular formula is C22H20N4O3. The van der Waals surface area contributed by atoms with Crippen molar-refractivity contribution in [2.45, 2.75) is 19.9 Å². The zero-order chi connectivity index (χ0) is 19.8. The van der Waals surface area contributed by atoms with E-state index in [4.69, 9.17) is 9.47 Å². The molecule has 0 bridgehead atoms. The van der Waals surface area contributed by atoms with Gasteiger partial charge >= 0.3 is 0 Å². The Bertz CT molecular complexity index is 1100. The van der Waals surface area contributed by atoms with Crippen LogP contribution >= 0.6 is 0 Å². The van der Waals surface area contributed by atoms with Gasteiger partial charge in [0.05, 0.1) is 0 Å². The van der Waals surface area contributed by atoms with Crippen molar-refractivity contribution in [2.75, 3.05) is 18.7 Å². The van der Waals surface area contributed by atoms with E-state index in [0.717, 1.165) is 17.9 Å². The predicted molar refractivity (Wildman–Crippen MR) is 108 cm³/mol. The number of benzene rings is 2. The zero-order valence-corrected chi connectivity index (χ0v) is 16.0. The van der Waals surface area contributed by atoms with Gasteiger partial charge < -0.3 is 19.7 Å². The van der Waals surface area contributed by atoms with Crippen LogP contribution in [0.25, 0.3) is 0 Å². The van der Waals surface area contributed by atoms with Crippen LogP contribution in [0.4, 0.5) is 11.5 Å². The summed E-state index contributed by atoms with van der Waals surface area (Å²) in [6.45, 7) is 3.29. The van der Waals surface area contributed by atoms with Crippen molar-refractivity contribution in [1.82, 2.24) is 14.9 Å². The smallest absolute Gasteiger partial charge is 0.272 e. The number of carbonyl (C=O) groups is 1. The highest BCUT2D eigenvalue weighted by Gasteiger charge is 2.23. The van der Waals surface area contributed by atoms with Crippen molar-refractivity contribution in [3.63, 3.8) is 0 Å². The summed E-state index contributed by atoms with van der Waals surface area (Å²) < 4.78 is 10.8. The minimum Gasteiger partial charge on any atom is -0.454 e. The molecule has 0 saturated carbocycles. The number of hydrogen-bond donors (Lipinski definition) is 1. The van der Waals surface area contributed by atoms with Gasteiger partial charge in [-0.2, -0.15) is 0 Å². The first-order chi connectivity index (χ1) is 14.2. The highest BCUT2D eigenvalue weighted by Crippen LogP contribution is 2.35. The molecule has 3 aromatic rings. The summed E-state index contributed by atoms with van der Waals surface area (Å²) in [5.41, 5.74) is 3.69. The van der Waals surface area contributed by atoms with E-state index in [-0.39, 0.29) is 12.7 Å². The number of carbonyl (C=O) groups excluding carboxylic acids is 1. The van der Waals surface area contributed by atoms with Gasteiger partial charge in [0.2, 0.25) is 6.79 Å². The van der Waals surface area contributed by atoms with E-state index in [1.807, 2.05) is 35.2 Å². The van der Waals surface area contributed by atoms with Crippen LogP contribution in [-0.4, -0.2) is 34.1 Å². The summed E-state index contributed by atoms with van der Waals surface area (Å²) in [6, 6.07) is 15.5. The largest absolute Gasteiger partial charge is 0.454 e. The van der Waals surface area contributed by atoms with Gasteiger partial charge in [0, 0.05) is 30.9 Å². The maximum absolute atomic E-state index is 13.1. The molecule has 2 aliphatic rings. The Hall–Kier alpha value is -3.61. The van der Waals surface area contributed by atoms with E-state index in [9.17, 15) is 4.79 Å². The number of ether oxygens (including phenoxy) is 2. The van der Waals surface area contributed by atoms with E-state index >= 15 is 0 Å². The molecule has 0 unspecified atom stereocenters. The highest BCUT2D eigenvalue weighted by atomic mass is 16.7. The summed E-state index contributed by atoms with van der Waals surface area (Å²) >= 11 is 0. The van der Waals surface area contributed by atoms with E-state index in [1.165, 1.54) is 11.1 Å². The van der Waals surface area contributed by atoms with Gasteiger partial charge in [-0.15, -0.1) is 0 Å². The Morgan fingerprint density at radius 3 is 2.76 bits per heavy atom. The minimum absolute atomic E-state index is 0.0845. The van der Waals surface area contributed by atoms with Crippen molar-refractivity contribution in [1.29, 1.82) is 0 Å². The number of hydrogen-bond acceptors (Lipinski definition) is 6. The molecule has 0 radical (unpaired) electrons. The van der Waals surface area contributed by atoms with E-state index in [2.05, 4.69) is 27.4 Å². The number of rotatable bonds is 3. The first-order valence-corrected chi connectivity index (χ1v) is 9.54. The van der Waals surface area contributed by atoms with Gasteiger partial charge in [0.15, 0.2) is 11.5 Å². The highest BCUT2D eigenvalue weighted by molar-refractivity contribution is 5.93. The van der Waals surface area contributed by atoms with Crippen LogP contribution in [-0.2, 0) is 13.0 Å². The van der Waals surface area contributed by atoms with Crippen molar-refractivity contribution in [2.24, 2.45) is 0 Å². The van der Waals surface area contributed by atoms with Crippen molar-refractivity contribution >= 4 is 17.4 Å². The Morgan fingerprint density at radius 1 is 1.03 bits per heavy atom. The molecule has 0 aliphatic carbocycles. The number of anilines is 2. The number of nitrogens with zero attached hydrogens (tertiary/aromatic N) is 3. The fourth-order valence-corrected chi connectivity index (χ4v) is 3.69. The predicted octanol–water partition coefficient (Wildman–Crippen LogP) is 3.46. The quantitative estimate of drug-likeness (QED) is 0.741. The fraction of sp³-hybridized carbons (Fsp3) is 0.227. The van der Waals surface area contributed by atoms with E-state index in [1.54, 1.807) is 13.0 Å². The Balaban J connectivity index is 1.37. The monoisotopic (exact) mass is 388 g/mol. The summed E-state index contributed by atoms with van der Waals surface area (Å²) in [5, 5.41) is 3.23. The molecule has 146 valence electrons. The molecular weight excluding hydrogens is 368 g/mol. The Morgan fingerprint density at radius 2 is 1.86 bits per heavy atom. The average Bonchev–Trinajstić information content (AvgIpc) is 3.20. The number of fused-ring (bicyclic) bond motifs is 2. The van der Waals surface area contributed by atoms with Gasteiger partial charge in [-0.25, -0.2) is 9.97 Å². The molecule has 5 rings (SSSR count). The molecule has 1 amide bonds. The van der Waals surface area contributed by atoms with E-state index in [0.29, 0.717) is 36.2 Å². The molecule has 0 atom stereocenters. The average molecular weight is 388 g/mol. The molecule has 1 N–H and O–H groups in total. The van der Waals surface area contributed by atoms with Crippen LogP contribution < -0.4 is 14.8 Å². The van der Waals surface area contributed by atoms with Gasteiger partial charge in [-0.3, -0.25) is 4.79 Å². The summed E-state index contributed by atoms with van der Waals surface area (Å²) in [6.07, 6.45) is 0.855. The molecule has 1 aromatic heterocycles. The summed E-state index contributed by atoms with van der Waals surface area (Å²) in [7, 11) is 0. The van der Waals surface area contributed by atoms with Gasteiger partial charge in [-0.1, -0.05) is 24.3 Å². The lowest BCUT2D eigenvalue weighted by molar-refractivity contribution is 0.0728. The van der Waals surface area contributed by atoms with Crippen LogP contribution in [0.5, 0.6) is 11.5 Å². The first-order valence-electron chi connectivity index (χ1n) is 9.54. The number of aromatic nitrogens is 2. The molecule has 3 heterocycles. The third-order valence-corrected chi connectivity index (χ3v) is 5.12. The lowest BCUT2D eigenvalue weighted by Gasteiger charge is -2.28. The van der Waals surface area contributed by atoms with Crippen LogP contribution in [0.15, 0.2) is 48.5 Å².